The van der Waals surface area contributed by atoms with Crippen molar-refractivity contribution in [3.05, 3.63) is 90.5 Å². The Morgan fingerprint density at radius 3 is 2.35 bits per heavy atom. The molecule has 0 fully saturated rings. The molecule has 5 nitrogen and oxygen atoms in total. The molecule has 26 heavy (non-hydrogen) atoms. The summed E-state index contributed by atoms with van der Waals surface area (Å²) in [6.45, 7) is 0.660. The third-order valence-corrected chi connectivity index (χ3v) is 4.09. The van der Waals surface area contributed by atoms with E-state index in [1.807, 2.05) is 72.8 Å². The highest BCUT2D eigenvalue weighted by Crippen LogP contribution is 2.12. The van der Waals surface area contributed by atoms with Crippen LogP contribution in [0.1, 0.15) is 5.56 Å². The fourth-order valence-corrected chi connectivity index (χ4v) is 2.77. The van der Waals surface area contributed by atoms with E-state index < -0.39 is 0 Å². The molecule has 5 heteroatoms. The minimum atomic E-state index is 0.660. The van der Waals surface area contributed by atoms with Crippen molar-refractivity contribution in [3.63, 3.8) is 0 Å². The van der Waals surface area contributed by atoms with Crippen LogP contribution >= 0.6 is 0 Å². The summed E-state index contributed by atoms with van der Waals surface area (Å²) in [5, 5.41) is 11.9. The summed E-state index contributed by atoms with van der Waals surface area (Å²) in [6.07, 6.45) is 0.868. The van der Waals surface area contributed by atoms with Crippen LogP contribution in [0.2, 0.25) is 0 Å². The summed E-state index contributed by atoms with van der Waals surface area (Å²) in [5.74, 6) is 0.667. The molecule has 0 aliphatic rings. The zero-order chi connectivity index (χ0) is 17.6. The van der Waals surface area contributed by atoms with Gasteiger partial charge in [0, 0.05) is 12.2 Å². The molecule has 0 saturated heterocycles. The molecular formula is C21H19N5. The molecule has 0 spiro atoms. The van der Waals surface area contributed by atoms with Gasteiger partial charge in [0.2, 0.25) is 5.96 Å². The molecule has 128 valence electrons. The van der Waals surface area contributed by atoms with Gasteiger partial charge in [-0.3, -0.25) is 4.99 Å². The Morgan fingerprint density at radius 2 is 1.54 bits per heavy atom. The average Bonchev–Trinajstić information content (AvgIpc) is 3.13. The number of benzene rings is 3. The molecule has 4 rings (SSSR count). The minimum Gasteiger partial charge on any atom is -0.324 e. The van der Waals surface area contributed by atoms with Crippen LogP contribution in [-0.2, 0) is 6.42 Å². The van der Waals surface area contributed by atoms with E-state index >= 15 is 0 Å². The predicted octanol–water partition coefficient (Wildman–Crippen LogP) is 3.99. The van der Waals surface area contributed by atoms with Gasteiger partial charge < -0.3 is 5.32 Å². The van der Waals surface area contributed by atoms with Gasteiger partial charge in [-0.15, -0.1) is 5.10 Å². The first-order valence-electron chi connectivity index (χ1n) is 8.61. The van der Waals surface area contributed by atoms with E-state index in [4.69, 9.17) is 4.99 Å². The molecule has 3 aromatic carbocycles. The minimum absolute atomic E-state index is 0.660. The van der Waals surface area contributed by atoms with Crippen molar-refractivity contribution in [2.45, 2.75) is 6.42 Å². The summed E-state index contributed by atoms with van der Waals surface area (Å²) in [6, 6.07) is 28.2. The Hall–Kier alpha value is -3.47. The number of nitrogens with zero attached hydrogens (tertiary/aromatic N) is 4. The number of aromatic nitrogens is 3. The topological polar surface area (TPSA) is 55.1 Å². The number of fused-ring (bicyclic) bond motifs is 1. The zero-order valence-electron chi connectivity index (χ0n) is 14.3. The fourth-order valence-electron chi connectivity index (χ4n) is 2.77. The Bertz CT molecular complexity index is 1010. The van der Waals surface area contributed by atoms with Gasteiger partial charge in [-0.25, -0.2) is 0 Å². The zero-order valence-corrected chi connectivity index (χ0v) is 14.3. The van der Waals surface area contributed by atoms with Crippen LogP contribution in [0.5, 0.6) is 0 Å². The van der Waals surface area contributed by atoms with Gasteiger partial charge in [0.25, 0.3) is 0 Å². The third-order valence-electron chi connectivity index (χ3n) is 4.09. The first-order valence-corrected chi connectivity index (χ1v) is 8.61. The summed E-state index contributed by atoms with van der Waals surface area (Å²) in [4.78, 5) is 4.77. The predicted molar refractivity (Wildman–Crippen MR) is 105 cm³/mol. The monoisotopic (exact) mass is 341 g/mol. The molecule has 1 aromatic heterocycles. The molecular weight excluding hydrogens is 322 g/mol. The van der Waals surface area contributed by atoms with Gasteiger partial charge in [0.15, 0.2) is 0 Å². The van der Waals surface area contributed by atoms with Gasteiger partial charge in [-0.2, -0.15) is 4.68 Å². The van der Waals surface area contributed by atoms with E-state index in [0.717, 1.165) is 23.1 Å². The van der Waals surface area contributed by atoms with Crippen LogP contribution in [0.3, 0.4) is 0 Å². The molecule has 4 aromatic rings. The number of rotatable bonds is 4. The molecule has 0 unspecified atom stereocenters. The standard InChI is InChI=1S/C21H19N5/c1-3-9-17(10-4-1)15-16-22-21(23-18-11-5-2-6-12-18)26-20-14-8-7-13-19(20)24-25-26/h1-14H,15-16H2,(H,22,23). The second-order valence-electron chi connectivity index (χ2n) is 5.92. The molecule has 0 aliphatic heterocycles. The molecule has 0 radical (unpaired) electrons. The van der Waals surface area contributed by atoms with Crippen LogP contribution in [0, 0.1) is 0 Å². The van der Waals surface area contributed by atoms with E-state index in [1.54, 1.807) is 4.68 Å². The molecule has 0 atom stereocenters. The second kappa shape index (κ2) is 7.61. The number of hydrogen-bond acceptors (Lipinski definition) is 3. The fraction of sp³-hybridized carbons (Fsp3) is 0.0952. The van der Waals surface area contributed by atoms with Crippen LogP contribution in [-0.4, -0.2) is 27.5 Å². The van der Waals surface area contributed by atoms with Crippen LogP contribution < -0.4 is 5.32 Å². The molecule has 0 amide bonds. The molecule has 0 saturated carbocycles. The first-order chi connectivity index (χ1) is 12.9. The van der Waals surface area contributed by atoms with Gasteiger partial charge in [0.05, 0.1) is 5.52 Å². The summed E-state index contributed by atoms with van der Waals surface area (Å²) in [5.41, 5.74) is 4.00. The third kappa shape index (κ3) is 3.62. The van der Waals surface area contributed by atoms with Crippen molar-refractivity contribution in [1.82, 2.24) is 15.0 Å². The van der Waals surface area contributed by atoms with Crippen molar-refractivity contribution >= 4 is 22.7 Å². The largest absolute Gasteiger partial charge is 0.324 e. The lowest BCUT2D eigenvalue weighted by molar-refractivity contribution is 0.843. The molecule has 1 heterocycles. The van der Waals surface area contributed by atoms with E-state index in [1.165, 1.54) is 5.56 Å². The Kier molecular flexibility index (Phi) is 4.69. The lowest BCUT2D eigenvalue weighted by Crippen LogP contribution is -2.24. The second-order valence-corrected chi connectivity index (χ2v) is 5.92. The number of aliphatic imine (C=N–C) groups is 1. The maximum absolute atomic E-state index is 4.77. The number of para-hydroxylation sites is 2. The molecule has 0 bridgehead atoms. The molecule has 1 N–H and O–H groups in total. The maximum Gasteiger partial charge on any atom is 0.225 e. The molecule has 0 aliphatic carbocycles. The van der Waals surface area contributed by atoms with Crippen molar-refractivity contribution in [3.8, 4) is 0 Å². The van der Waals surface area contributed by atoms with E-state index in [0.29, 0.717) is 12.5 Å². The van der Waals surface area contributed by atoms with Gasteiger partial charge in [-0.05, 0) is 36.2 Å². The lowest BCUT2D eigenvalue weighted by Gasteiger charge is -2.10. The normalized spacial score (nSPS) is 11.6. The Balaban J connectivity index is 1.64. The quantitative estimate of drug-likeness (QED) is 0.451. The van der Waals surface area contributed by atoms with E-state index in [9.17, 15) is 0 Å². The Morgan fingerprint density at radius 1 is 0.846 bits per heavy atom. The van der Waals surface area contributed by atoms with Crippen LogP contribution in [0.25, 0.3) is 11.0 Å². The van der Waals surface area contributed by atoms with E-state index in [-0.39, 0.29) is 0 Å². The highest BCUT2D eigenvalue weighted by Gasteiger charge is 2.10. The number of hydrogen-bond donors (Lipinski definition) is 1. The smallest absolute Gasteiger partial charge is 0.225 e. The maximum atomic E-state index is 4.77. The summed E-state index contributed by atoms with van der Waals surface area (Å²) >= 11 is 0. The lowest BCUT2D eigenvalue weighted by atomic mass is 10.2. The van der Waals surface area contributed by atoms with E-state index in [2.05, 4.69) is 27.8 Å². The average molecular weight is 341 g/mol. The highest BCUT2D eigenvalue weighted by atomic mass is 15.5. The van der Waals surface area contributed by atoms with Crippen molar-refractivity contribution in [2.24, 2.45) is 4.99 Å². The first kappa shape index (κ1) is 16.0. The van der Waals surface area contributed by atoms with Crippen LogP contribution in [0.15, 0.2) is 89.9 Å². The number of anilines is 1. The van der Waals surface area contributed by atoms with Crippen molar-refractivity contribution < 1.29 is 0 Å². The number of nitrogens with one attached hydrogen (secondary N) is 1. The van der Waals surface area contributed by atoms with Crippen LogP contribution in [0.4, 0.5) is 5.69 Å². The SMILES string of the molecule is c1ccc(CCN=C(Nc2ccccc2)n2nnc3ccccc32)cc1. The highest BCUT2D eigenvalue weighted by molar-refractivity contribution is 5.99. The summed E-state index contributed by atoms with van der Waals surface area (Å²) in [7, 11) is 0. The van der Waals surface area contributed by atoms with Gasteiger partial charge in [0.1, 0.15) is 5.52 Å². The van der Waals surface area contributed by atoms with Gasteiger partial charge >= 0.3 is 0 Å². The van der Waals surface area contributed by atoms with Crippen molar-refractivity contribution in [2.75, 3.05) is 11.9 Å². The Labute approximate surface area is 152 Å². The van der Waals surface area contributed by atoms with Crippen molar-refractivity contribution in [1.29, 1.82) is 0 Å². The van der Waals surface area contributed by atoms with Gasteiger partial charge in [-0.1, -0.05) is 65.9 Å². The summed E-state index contributed by atoms with van der Waals surface area (Å²) < 4.78 is 1.76.